The normalized spacial score (nSPS) is 23.9. The van der Waals surface area contributed by atoms with E-state index >= 15 is 0 Å². The fraction of sp³-hybridized carbons (Fsp3) is 0.441. The second kappa shape index (κ2) is 30.4. The number of aliphatic imine (C=N–C) groups is 2. The van der Waals surface area contributed by atoms with Crippen molar-refractivity contribution in [1.29, 1.82) is 0 Å². The maximum absolute atomic E-state index is 14.3. The maximum atomic E-state index is 14.3. The molecule has 4 bridgehead atoms. The number of hydrogen-bond acceptors (Lipinski definition) is 8. The number of nitrogens with zero attached hydrogens (tertiary/aromatic N) is 4. The van der Waals surface area contributed by atoms with Crippen molar-refractivity contribution in [3.8, 4) is 0 Å². The van der Waals surface area contributed by atoms with E-state index in [-0.39, 0.29) is 64.9 Å². The summed E-state index contributed by atoms with van der Waals surface area (Å²) in [6.07, 6.45) is 13.4. The summed E-state index contributed by atoms with van der Waals surface area (Å²) in [6, 6.07) is 44.8. The van der Waals surface area contributed by atoms with Crippen molar-refractivity contribution in [3.63, 3.8) is 0 Å². The molecule has 2 heterocycles. The molecule has 0 spiro atoms. The Hall–Kier alpha value is -7.24. The molecule has 4 amide bonds. The molecule has 5 atom stereocenters. The average Bonchev–Trinajstić information content (AvgIpc) is 1.15. The maximum Gasteiger partial charge on any atom is 0.244 e. The van der Waals surface area contributed by atoms with Crippen LogP contribution in [0.25, 0.3) is 6.08 Å². The van der Waals surface area contributed by atoms with Crippen LogP contribution in [0.2, 0.25) is 10.0 Å². The van der Waals surface area contributed by atoms with Crippen LogP contribution in [0.5, 0.6) is 0 Å². The Morgan fingerprint density at radius 1 is 0.663 bits per heavy atom. The van der Waals surface area contributed by atoms with Gasteiger partial charge in [-0.15, -0.1) is 0 Å². The Morgan fingerprint density at radius 3 is 1.63 bits per heavy atom. The Balaban J connectivity index is 0.000000205. The van der Waals surface area contributed by atoms with Crippen LogP contribution in [0.3, 0.4) is 0 Å². The van der Waals surface area contributed by atoms with Crippen molar-refractivity contribution >= 4 is 64.8 Å². The second-order valence-electron chi connectivity index (χ2n) is 24.3. The summed E-state index contributed by atoms with van der Waals surface area (Å²) in [5.41, 5.74) is 27.8. The number of nitrogens with two attached hydrogens (primary N) is 4. The summed E-state index contributed by atoms with van der Waals surface area (Å²) in [5, 5.41) is 14.4. The lowest BCUT2D eigenvalue weighted by molar-refractivity contribution is -0.146. The average molecular weight is 1210 g/mol. The number of rotatable bonds is 22. The number of benzene rings is 5. The monoisotopic (exact) mass is 1200 g/mol. The van der Waals surface area contributed by atoms with Crippen LogP contribution < -0.4 is 44.2 Å². The van der Waals surface area contributed by atoms with Crippen LogP contribution in [-0.4, -0.2) is 121 Å². The lowest BCUT2D eigenvalue weighted by atomic mass is 9.49. The van der Waals surface area contributed by atoms with E-state index in [0.717, 1.165) is 54.6 Å². The van der Waals surface area contributed by atoms with Gasteiger partial charge in [0.1, 0.15) is 6.04 Å². The van der Waals surface area contributed by atoms with Gasteiger partial charge in [0.25, 0.3) is 0 Å². The first kappa shape index (κ1) is 63.3. The number of nitrogens with one attached hydrogen (secondary N) is 4. The summed E-state index contributed by atoms with van der Waals surface area (Å²) in [4.78, 5) is 67.1. The molecular formula is C68H86Cl2N12O4. The van der Waals surface area contributed by atoms with Gasteiger partial charge in [-0.1, -0.05) is 158 Å². The molecule has 0 aromatic heterocycles. The zero-order chi connectivity index (χ0) is 60.6. The van der Waals surface area contributed by atoms with Crippen molar-refractivity contribution in [1.82, 2.24) is 31.1 Å². The van der Waals surface area contributed by atoms with Gasteiger partial charge in [-0.3, -0.25) is 29.5 Å². The number of halogens is 2. The molecule has 456 valence electrons. The highest BCUT2D eigenvalue weighted by Crippen LogP contribution is 2.60. The molecule has 4 aliphatic carbocycles. The van der Waals surface area contributed by atoms with Crippen molar-refractivity contribution in [2.24, 2.45) is 56.1 Å². The third-order valence-corrected chi connectivity index (χ3v) is 18.7. The molecule has 4 saturated carbocycles. The van der Waals surface area contributed by atoms with Crippen LogP contribution >= 0.6 is 23.2 Å². The predicted octanol–water partition coefficient (Wildman–Crippen LogP) is 8.33. The summed E-state index contributed by atoms with van der Waals surface area (Å²) in [7, 11) is 0. The van der Waals surface area contributed by atoms with Crippen LogP contribution in [-0.2, 0) is 19.2 Å². The number of carbonyl (C=O) groups is 4. The number of carbonyl (C=O) groups excluding carboxylic acids is 4. The third-order valence-electron chi connectivity index (χ3n) is 18.1. The molecule has 6 aliphatic rings. The van der Waals surface area contributed by atoms with E-state index in [9.17, 15) is 19.2 Å². The van der Waals surface area contributed by atoms with E-state index in [1.54, 1.807) is 24.3 Å². The van der Waals surface area contributed by atoms with E-state index < -0.39 is 18.1 Å². The van der Waals surface area contributed by atoms with E-state index in [0.29, 0.717) is 87.1 Å². The van der Waals surface area contributed by atoms with Crippen molar-refractivity contribution in [2.45, 2.75) is 120 Å². The number of amides is 4. The first-order valence-electron chi connectivity index (χ1n) is 30.8. The summed E-state index contributed by atoms with van der Waals surface area (Å²) >= 11 is 12.2. The van der Waals surface area contributed by atoms with Crippen molar-refractivity contribution < 1.29 is 19.2 Å². The first-order valence-corrected chi connectivity index (χ1v) is 31.5. The zero-order valence-electron chi connectivity index (χ0n) is 49.4. The van der Waals surface area contributed by atoms with Gasteiger partial charge < -0.3 is 48.7 Å². The van der Waals surface area contributed by atoms with E-state index in [2.05, 4.69) is 79.8 Å². The van der Waals surface area contributed by atoms with Gasteiger partial charge in [0.2, 0.25) is 23.6 Å². The highest BCUT2D eigenvalue weighted by Gasteiger charge is 2.54. The van der Waals surface area contributed by atoms with Crippen LogP contribution in [0, 0.1) is 23.2 Å². The molecule has 18 heteroatoms. The summed E-state index contributed by atoms with van der Waals surface area (Å²) < 4.78 is 0. The van der Waals surface area contributed by atoms with Crippen LogP contribution in [0.15, 0.2) is 156 Å². The first-order chi connectivity index (χ1) is 41.6. The number of hydrogen-bond donors (Lipinski definition) is 8. The minimum atomic E-state index is -0.580. The lowest BCUT2D eigenvalue weighted by Gasteiger charge is -2.55. The molecule has 86 heavy (non-hydrogen) atoms. The number of guanidine groups is 2. The van der Waals surface area contributed by atoms with Gasteiger partial charge in [0.05, 0.1) is 12.1 Å². The Labute approximate surface area is 517 Å². The minimum absolute atomic E-state index is 0.00335. The quantitative estimate of drug-likeness (QED) is 0.0142. The van der Waals surface area contributed by atoms with Gasteiger partial charge in [-0.2, -0.15) is 0 Å². The molecular weight excluding hydrogens is 1120 g/mol. The molecule has 5 aromatic carbocycles. The third kappa shape index (κ3) is 17.0. The minimum Gasteiger partial charge on any atom is -0.370 e. The molecule has 12 N–H and O–H groups in total. The van der Waals surface area contributed by atoms with E-state index in [1.165, 1.54) is 36.5 Å². The van der Waals surface area contributed by atoms with E-state index in [4.69, 9.17) is 46.1 Å². The van der Waals surface area contributed by atoms with Gasteiger partial charge in [0, 0.05) is 91.3 Å². The lowest BCUT2D eigenvalue weighted by Crippen LogP contribution is -2.57. The fourth-order valence-electron chi connectivity index (χ4n) is 14.2. The van der Waals surface area contributed by atoms with Crippen molar-refractivity contribution in [2.75, 3.05) is 45.8 Å². The topological polar surface area (TPSA) is 252 Å². The predicted molar refractivity (Wildman–Crippen MR) is 345 cm³/mol. The summed E-state index contributed by atoms with van der Waals surface area (Å²) in [5.74, 6) is 2.23. The van der Waals surface area contributed by atoms with Gasteiger partial charge in [-0.25, -0.2) is 4.99 Å². The Morgan fingerprint density at radius 2 is 1.15 bits per heavy atom. The van der Waals surface area contributed by atoms with Gasteiger partial charge >= 0.3 is 0 Å². The molecule has 2 aliphatic heterocycles. The molecule has 6 fully saturated rings. The standard InChI is InChI=1S/C35H48N6O2.C33H38Cl2N6O2/c1-2-30(40-34(36)37)31-32(42)41(22-29(26-9-5-3-6-10-26)27-11-7-4-8-12-27)14-13-28(39-31)21-38-33(43)35-18-23-15-24(19-35)17-25(16-23)20-35;34-26-15-13-25(29(35)20-26)14-16-31(42)39-21-27-17-19-41(32(43)30(40-27)12-7-18-38-33(36)37)22-28(23-8-3-1-4-9-23)24-10-5-2-6-11-24/h3-12,23-25,28-31,39H,2,13-22H2,1H3,(H,38,43)(H4,36,37,40);1-6,8-11,13-16,20,27-28,30,40H,7,12,17-19,21-22H2,(H,39,42)(H4,36,37,38)/b;16-14+/t23?,24?,25?,28-,30?,31-,35?;27-,30-/m00/s1. The Bertz CT molecular complexity index is 3010. The highest BCUT2D eigenvalue weighted by atomic mass is 35.5. The van der Waals surface area contributed by atoms with Gasteiger partial charge in [0.15, 0.2) is 11.9 Å². The second-order valence-corrected chi connectivity index (χ2v) is 25.1. The molecule has 2 saturated heterocycles. The molecule has 0 radical (unpaired) electrons. The summed E-state index contributed by atoms with van der Waals surface area (Å²) in [6.45, 7) is 5.54. The molecule has 1 unspecified atom stereocenters. The Kier molecular flexibility index (Phi) is 22.4. The van der Waals surface area contributed by atoms with Gasteiger partial charge in [-0.05, 0) is 134 Å². The van der Waals surface area contributed by atoms with E-state index in [1.807, 2.05) is 89.5 Å². The fourth-order valence-corrected chi connectivity index (χ4v) is 14.7. The zero-order valence-corrected chi connectivity index (χ0v) is 50.9. The van der Waals surface area contributed by atoms with Crippen LogP contribution in [0.1, 0.15) is 117 Å². The molecule has 11 rings (SSSR count). The van der Waals surface area contributed by atoms with Crippen molar-refractivity contribution in [3.05, 3.63) is 183 Å². The largest absolute Gasteiger partial charge is 0.370 e. The molecule has 5 aromatic rings. The highest BCUT2D eigenvalue weighted by molar-refractivity contribution is 6.35. The SMILES string of the molecule is CCC(N=C(N)N)[C@@H]1N[C@H](CNC(=O)C23CC4CC(CC(C4)C2)C3)CCN(CC(c2ccccc2)c2ccccc2)C1=O.NC(N)=NCCC[C@@H]1N[C@H](CNC(=O)/C=C/c2ccc(Cl)cc2Cl)CCN(CC(c2ccccc2)c2ccccc2)C1=O. The van der Waals surface area contributed by atoms with Crippen LogP contribution in [0.4, 0.5) is 0 Å². The smallest absolute Gasteiger partial charge is 0.244 e. The molecule has 16 nitrogen and oxygen atoms in total.